The number of carboxylic acid groups (broad SMARTS) is 1. The second-order valence-electron chi connectivity index (χ2n) is 3.77. The fourth-order valence-electron chi connectivity index (χ4n) is 1.37. The highest BCUT2D eigenvalue weighted by atomic mass is 32.1. The van der Waals surface area contributed by atoms with Crippen LogP contribution in [0.2, 0.25) is 0 Å². The minimum atomic E-state index is -0.978. The molecule has 0 saturated heterocycles. The van der Waals surface area contributed by atoms with Gasteiger partial charge in [-0.05, 0) is 25.3 Å². The molecule has 1 amide bonds. The normalized spacial score (nSPS) is 10.4. The van der Waals surface area contributed by atoms with Gasteiger partial charge < -0.3 is 10.0 Å². The van der Waals surface area contributed by atoms with E-state index < -0.39 is 5.97 Å². The van der Waals surface area contributed by atoms with Crippen LogP contribution in [0.1, 0.15) is 18.7 Å². The lowest BCUT2D eigenvalue weighted by atomic mass is 10.2. The van der Waals surface area contributed by atoms with Crippen molar-refractivity contribution in [3.05, 3.63) is 22.4 Å². The van der Waals surface area contributed by atoms with Crippen molar-refractivity contribution in [3.8, 4) is 0 Å². The molecule has 0 radical (unpaired) electrons. The van der Waals surface area contributed by atoms with Crippen LogP contribution >= 0.6 is 11.3 Å². The first-order valence-electron chi connectivity index (χ1n) is 5.04. The number of carbonyl (C=O) groups is 2. The van der Waals surface area contributed by atoms with E-state index in [4.69, 9.17) is 5.11 Å². The van der Waals surface area contributed by atoms with Gasteiger partial charge in [-0.15, -0.1) is 11.3 Å². The second-order valence-corrected chi connectivity index (χ2v) is 4.80. The van der Waals surface area contributed by atoms with Crippen LogP contribution in [0.4, 0.5) is 0 Å². The molecule has 1 heterocycles. The molecule has 5 heteroatoms. The maximum Gasteiger partial charge on any atom is 0.323 e. The Labute approximate surface area is 98.5 Å². The SMILES string of the molecule is CC(C)N(CC(=O)O)C(=O)Cc1cccs1. The largest absolute Gasteiger partial charge is 0.480 e. The van der Waals surface area contributed by atoms with Crippen molar-refractivity contribution in [1.29, 1.82) is 0 Å². The van der Waals surface area contributed by atoms with Gasteiger partial charge in [-0.1, -0.05) is 6.07 Å². The van der Waals surface area contributed by atoms with Gasteiger partial charge in [0.2, 0.25) is 5.91 Å². The summed E-state index contributed by atoms with van der Waals surface area (Å²) in [5.74, 6) is -1.12. The van der Waals surface area contributed by atoms with E-state index in [0.717, 1.165) is 4.88 Å². The smallest absolute Gasteiger partial charge is 0.323 e. The van der Waals surface area contributed by atoms with Gasteiger partial charge >= 0.3 is 5.97 Å². The zero-order valence-corrected chi connectivity index (χ0v) is 10.2. The predicted molar refractivity (Wildman–Crippen MR) is 62.5 cm³/mol. The molecule has 1 N–H and O–H groups in total. The Balaban J connectivity index is 2.64. The van der Waals surface area contributed by atoms with Gasteiger partial charge in [-0.3, -0.25) is 9.59 Å². The lowest BCUT2D eigenvalue weighted by molar-refractivity contribution is -0.145. The third-order valence-electron chi connectivity index (χ3n) is 2.15. The van der Waals surface area contributed by atoms with E-state index in [-0.39, 0.29) is 24.9 Å². The summed E-state index contributed by atoms with van der Waals surface area (Å²) >= 11 is 1.50. The van der Waals surface area contributed by atoms with E-state index in [2.05, 4.69) is 0 Å². The maximum atomic E-state index is 11.9. The van der Waals surface area contributed by atoms with Gasteiger partial charge in [0, 0.05) is 10.9 Å². The monoisotopic (exact) mass is 241 g/mol. The van der Waals surface area contributed by atoms with Gasteiger partial charge in [-0.25, -0.2) is 0 Å². The molecule has 0 aliphatic rings. The first-order chi connectivity index (χ1) is 7.50. The predicted octanol–water partition coefficient (Wildman–Crippen LogP) is 1.61. The summed E-state index contributed by atoms with van der Waals surface area (Å²) in [6.45, 7) is 3.40. The number of thiophene rings is 1. The summed E-state index contributed by atoms with van der Waals surface area (Å²) in [5.41, 5.74) is 0. The molecule has 4 nitrogen and oxygen atoms in total. The van der Waals surface area contributed by atoms with Crippen LogP contribution in [0.15, 0.2) is 17.5 Å². The van der Waals surface area contributed by atoms with Gasteiger partial charge in [-0.2, -0.15) is 0 Å². The molecule has 0 fully saturated rings. The van der Waals surface area contributed by atoms with Crippen molar-refractivity contribution in [1.82, 2.24) is 4.90 Å². The number of hydrogen-bond acceptors (Lipinski definition) is 3. The fraction of sp³-hybridized carbons (Fsp3) is 0.455. The van der Waals surface area contributed by atoms with Crippen LogP contribution in [0, 0.1) is 0 Å². The third kappa shape index (κ3) is 3.66. The topological polar surface area (TPSA) is 57.6 Å². The van der Waals surface area contributed by atoms with Crippen LogP contribution < -0.4 is 0 Å². The average molecular weight is 241 g/mol. The van der Waals surface area contributed by atoms with Crippen molar-refractivity contribution >= 4 is 23.2 Å². The van der Waals surface area contributed by atoms with E-state index >= 15 is 0 Å². The van der Waals surface area contributed by atoms with E-state index in [1.165, 1.54) is 16.2 Å². The quantitative estimate of drug-likeness (QED) is 0.852. The summed E-state index contributed by atoms with van der Waals surface area (Å²) in [6.07, 6.45) is 0.281. The second kappa shape index (κ2) is 5.65. The molecule has 0 saturated carbocycles. The molecule has 0 unspecified atom stereocenters. The number of rotatable bonds is 5. The first-order valence-corrected chi connectivity index (χ1v) is 5.92. The van der Waals surface area contributed by atoms with Crippen LogP contribution in [0.25, 0.3) is 0 Å². The summed E-state index contributed by atoms with van der Waals surface area (Å²) in [7, 11) is 0. The summed E-state index contributed by atoms with van der Waals surface area (Å²) in [4.78, 5) is 24.8. The number of nitrogens with zero attached hydrogens (tertiary/aromatic N) is 1. The standard InChI is InChI=1S/C11H15NO3S/c1-8(2)12(7-11(14)15)10(13)6-9-4-3-5-16-9/h3-5,8H,6-7H2,1-2H3,(H,14,15). The average Bonchev–Trinajstić information content (AvgIpc) is 2.65. The Morgan fingerprint density at radius 3 is 2.62 bits per heavy atom. The molecule has 88 valence electrons. The highest BCUT2D eigenvalue weighted by Crippen LogP contribution is 2.11. The lowest BCUT2D eigenvalue weighted by Crippen LogP contribution is -2.41. The molecule has 1 aromatic heterocycles. The number of carbonyl (C=O) groups excluding carboxylic acids is 1. The molecule has 1 aromatic rings. The van der Waals surface area contributed by atoms with E-state index in [0.29, 0.717) is 0 Å². The third-order valence-corrected chi connectivity index (χ3v) is 3.03. The lowest BCUT2D eigenvalue weighted by Gasteiger charge is -2.24. The van der Waals surface area contributed by atoms with Gasteiger partial charge in [0.15, 0.2) is 0 Å². The van der Waals surface area contributed by atoms with Crippen molar-refractivity contribution < 1.29 is 14.7 Å². The summed E-state index contributed by atoms with van der Waals surface area (Å²) in [5, 5.41) is 10.6. The molecule has 0 bridgehead atoms. The molecule has 0 aliphatic carbocycles. The van der Waals surface area contributed by atoms with Crippen LogP contribution in [0.3, 0.4) is 0 Å². The van der Waals surface area contributed by atoms with Gasteiger partial charge in [0.05, 0.1) is 6.42 Å². The molecular weight excluding hydrogens is 226 g/mol. The molecule has 0 spiro atoms. The molecule has 0 aromatic carbocycles. The van der Waals surface area contributed by atoms with E-state index in [9.17, 15) is 9.59 Å². The highest BCUT2D eigenvalue weighted by molar-refractivity contribution is 7.10. The number of carboxylic acids is 1. The summed E-state index contributed by atoms with van der Waals surface area (Å²) in [6, 6.07) is 3.66. The van der Waals surface area contributed by atoms with Gasteiger partial charge in [0.25, 0.3) is 0 Å². The Bertz CT molecular complexity index is 359. The zero-order valence-electron chi connectivity index (χ0n) is 9.34. The van der Waals surface area contributed by atoms with Crippen LogP contribution in [0.5, 0.6) is 0 Å². The molecule has 0 atom stereocenters. The number of hydrogen-bond donors (Lipinski definition) is 1. The fourth-order valence-corrected chi connectivity index (χ4v) is 2.06. The zero-order chi connectivity index (χ0) is 12.1. The van der Waals surface area contributed by atoms with Crippen molar-refractivity contribution in [2.75, 3.05) is 6.54 Å². The van der Waals surface area contributed by atoms with Crippen molar-refractivity contribution in [2.24, 2.45) is 0 Å². The molecule has 1 rings (SSSR count). The minimum absolute atomic E-state index is 0.0939. The van der Waals surface area contributed by atoms with Crippen molar-refractivity contribution in [3.63, 3.8) is 0 Å². The Morgan fingerprint density at radius 2 is 2.19 bits per heavy atom. The van der Waals surface area contributed by atoms with Crippen LogP contribution in [-0.2, 0) is 16.0 Å². The Morgan fingerprint density at radius 1 is 1.50 bits per heavy atom. The van der Waals surface area contributed by atoms with E-state index in [1.807, 2.05) is 31.4 Å². The van der Waals surface area contributed by atoms with Crippen LogP contribution in [-0.4, -0.2) is 34.5 Å². The summed E-state index contributed by atoms with van der Waals surface area (Å²) < 4.78 is 0. The maximum absolute atomic E-state index is 11.9. The Kier molecular flexibility index (Phi) is 4.49. The highest BCUT2D eigenvalue weighted by Gasteiger charge is 2.19. The van der Waals surface area contributed by atoms with Crippen molar-refractivity contribution in [2.45, 2.75) is 26.3 Å². The van der Waals surface area contributed by atoms with Gasteiger partial charge in [0.1, 0.15) is 6.54 Å². The molecule has 0 aliphatic heterocycles. The molecular formula is C11H15NO3S. The number of amides is 1. The van der Waals surface area contributed by atoms with E-state index in [1.54, 1.807) is 0 Å². The Hall–Kier alpha value is -1.36. The number of aliphatic carboxylic acids is 1. The molecule has 16 heavy (non-hydrogen) atoms. The first kappa shape index (κ1) is 12.7. The minimum Gasteiger partial charge on any atom is -0.480 e.